The Morgan fingerprint density at radius 3 is 2.55 bits per heavy atom. The van der Waals surface area contributed by atoms with Crippen LogP contribution in [-0.2, 0) is 9.47 Å². The molecule has 1 heterocycles. The molecule has 0 spiro atoms. The second kappa shape index (κ2) is 8.00. The zero-order valence-corrected chi connectivity index (χ0v) is 13.4. The van der Waals surface area contributed by atoms with Gasteiger partial charge in [0, 0.05) is 0 Å². The molecule has 0 amide bonds. The van der Waals surface area contributed by atoms with E-state index in [1.807, 2.05) is 6.92 Å². The summed E-state index contributed by atoms with van der Waals surface area (Å²) in [5, 5.41) is 0. The van der Waals surface area contributed by atoms with Crippen molar-refractivity contribution >= 4 is 5.97 Å². The van der Waals surface area contributed by atoms with Crippen molar-refractivity contribution in [3.8, 4) is 11.5 Å². The van der Waals surface area contributed by atoms with Crippen LogP contribution >= 0.6 is 0 Å². The number of esters is 1. The van der Waals surface area contributed by atoms with Gasteiger partial charge in [0.05, 0.1) is 33.0 Å². The third-order valence-electron chi connectivity index (χ3n) is 3.70. The lowest BCUT2D eigenvalue weighted by Gasteiger charge is -2.26. The number of ether oxygens (including phenoxy) is 4. The van der Waals surface area contributed by atoms with Crippen molar-refractivity contribution in [2.45, 2.75) is 13.0 Å². The average Bonchev–Trinajstić information content (AvgIpc) is 2.54. The van der Waals surface area contributed by atoms with Crippen molar-refractivity contribution in [2.75, 3.05) is 47.1 Å². The van der Waals surface area contributed by atoms with Crippen molar-refractivity contribution in [3.63, 3.8) is 0 Å². The molecule has 0 aromatic heterocycles. The van der Waals surface area contributed by atoms with Gasteiger partial charge in [-0.05, 0) is 25.1 Å². The molecule has 0 radical (unpaired) electrons. The summed E-state index contributed by atoms with van der Waals surface area (Å²) in [7, 11) is 3.10. The molecule has 1 aromatic rings. The van der Waals surface area contributed by atoms with Crippen LogP contribution in [0.2, 0.25) is 0 Å². The summed E-state index contributed by atoms with van der Waals surface area (Å²) >= 11 is 0. The number of carbonyl (C=O) groups excluding carboxylic acids is 1. The highest BCUT2D eigenvalue weighted by molar-refractivity contribution is 5.90. The first-order valence-corrected chi connectivity index (χ1v) is 7.48. The standard InChI is InChI=1S/C16H23NO5/c1-12(11-17-6-8-21-9-7-17)22-16(18)13-4-5-14(19-2)15(10-13)20-3/h4-5,10,12H,6-9,11H2,1-3H3/p+1/t12-/m1/s1. The Bertz CT molecular complexity index is 499. The van der Waals surface area contributed by atoms with E-state index in [2.05, 4.69) is 0 Å². The van der Waals surface area contributed by atoms with Crippen molar-refractivity contribution in [1.29, 1.82) is 0 Å². The van der Waals surface area contributed by atoms with Gasteiger partial charge in [0.1, 0.15) is 25.7 Å². The summed E-state index contributed by atoms with van der Waals surface area (Å²) < 4.78 is 21.2. The molecule has 0 unspecified atom stereocenters. The quantitative estimate of drug-likeness (QED) is 0.759. The molecular formula is C16H24NO5+. The molecule has 1 saturated heterocycles. The zero-order valence-electron chi connectivity index (χ0n) is 13.4. The minimum atomic E-state index is -0.346. The van der Waals surface area contributed by atoms with Crippen molar-refractivity contribution in [3.05, 3.63) is 23.8 Å². The van der Waals surface area contributed by atoms with E-state index in [1.54, 1.807) is 25.3 Å². The smallest absolute Gasteiger partial charge is 0.338 e. The molecule has 2 rings (SSSR count). The fraction of sp³-hybridized carbons (Fsp3) is 0.562. The number of hydrogen-bond acceptors (Lipinski definition) is 5. The van der Waals surface area contributed by atoms with Gasteiger partial charge < -0.3 is 23.8 Å². The highest BCUT2D eigenvalue weighted by atomic mass is 16.5. The Morgan fingerprint density at radius 2 is 1.91 bits per heavy atom. The number of rotatable bonds is 6. The van der Waals surface area contributed by atoms with Crippen LogP contribution in [0.1, 0.15) is 17.3 Å². The molecule has 0 saturated carbocycles. The van der Waals surface area contributed by atoms with Gasteiger partial charge in [0.15, 0.2) is 11.5 Å². The van der Waals surface area contributed by atoms with Gasteiger partial charge in [-0.1, -0.05) is 0 Å². The molecular weight excluding hydrogens is 286 g/mol. The molecule has 1 fully saturated rings. The number of methoxy groups -OCH3 is 2. The van der Waals surface area contributed by atoms with Gasteiger partial charge in [-0.3, -0.25) is 0 Å². The number of quaternary nitrogens is 1. The van der Waals surface area contributed by atoms with E-state index in [9.17, 15) is 4.79 Å². The molecule has 1 aliphatic rings. The maximum atomic E-state index is 12.2. The van der Waals surface area contributed by atoms with Crippen LogP contribution in [0.4, 0.5) is 0 Å². The van der Waals surface area contributed by atoms with E-state index in [0.29, 0.717) is 17.1 Å². The number of hydrogen-bond donors (Lipinski definition) is 1. The van der Waals surface area contributed by atoms with E-state index in [0.717, 1.165) is 32.8 Å². The van der Waals surface area contributed by atoms with Gasteiger partial charge in [-0.2, -0.15) is 0 Å². The molecule has 1 aromatic carbocycles. The molecule has 1 N–H and O–H groups in total. The van der Waals surface area contributed by atoms with Gasteiger partial charge in [0.25, 0.3) is 0 Å². The lowest BCUT2D eigenvalue weighted by molar-refractivity contribution is -0.910. The van der Waals surface area contributed by atoms with Crippen molar-refractivity contribution in [1.82, 2.24) is 0 Å². The summed E-state index contributed by atoms with van der Waals surface area (Å²) in [4.78, 5) is 13.6. The second-order valence-corrected chi connectivity index (χ2v) is 5.35. The van der Waals surface area contributed by atoms with E-state index >= 15 is 0 Å². The molecule has 6 heteroatoms. The van der Waals surface area contributed by atoms with Crippen LogP contribution in [0.3, 0.4) is 0 Å². The Balaban J connectivity index is 1.93. The molecule has 1 aliphatic heterocycles. The molecule has 0 bridgehead atoms. The number of carbonyl (C=O) groups is 1. The highest BCUT2D eigenvalue weighted by Gasteiger charge is 2.21. The minimum Gasteiger partial charge on any atom is -0.493 e. The van der Waals surface area contributed by atoms with Gasteiger partial charge >= 0.3 is 5.97 Å². The fourth-order valence-electron chi connectivity index (χ4n) is 2.53. The molecule has 0 aliphatic carbocycles. The summed E-state index contributed by atoms with van der Waals surface area (Å²) in [6.45, 7) is 6.16. The first-order valence-electron chi connectivity index (χ1n) is 7.48. The molecule has 22 heavy (non-hydrogen) atoms. The summed E-state index contributed by atoms with van der Waals surface area (Å²) in [6, 6.07) is 5.01. The monoisotopic (exact) mass is 310 g/mol. The van der Waals surface area contributed by atoms with E-state index in [1.165, 1.54) is 12.0 Å². The van der Waals surface area contributed by atoms with Crippen LogP contribution in [0.25, 0.3) is 0 Å². The summed E-state index contributed by atoms with van der Waals surface area (Å²) in [5.41, 5.74) is 0.460. The zero-order chi connectivity index (χ0) is 15.9. The van der Waals surface area contributed by atoms with E-state index < -0.39 is 0 Å². The Morgan fingerprint density at radius 1 is 1.23 bits per heavy atom. The molecule has 122 valence electrons. The predicted octanol–water partition coefficient (Wildman–Crippen LogP) is 0.164. The Hall–Kier alpha value is -1.79. The minimum absolute atomic E-state index is 0.145. The Labute approximate surface area is 130 Å². The average molecular weight is 310 g/mol. The number of nitrogens with one attached hydrogen (secondary N) is 1. The van der Waals surface area contributed by atoms with Crippen LogP contribution in [0.15, 0.2) is 18.2 Å². The maximum Gasteiger partial charge on any atom is 0.338 e. The maximum absolute atomic E-state index is 12.2. The van der Waals surface area contributed by atoms with Crippen LogP contribution in [-0.4, -0.2) is 59.1 Å². The lowest BCUT2D eigenvalue weighted by Crippen LogP contribution is -3.15. The van der Waals surface area contributed by atoms with Gasteiger partial charge in [0.2, 0.25) is 0 Å². The predicted molar refractivity (Wildman–Crippen MR) is 80.8 cm³/mol. The molecule has 6 nitrogen and oxygen atoms in total. The summed E-state index contributed by atoms with van der Waals surface area (Å²) in [6.07, 6.45) is -0.145. The number of benzene rings is 1. The lowest BCUT2D eigenvalue weighted by atomic mass is 10.2. The van der Waals surface area contributed by atoms with Gasteiger partial charge in [-0.25, -0.2) is 4.79 Å². The first kappa shape index (κ1) is 16.6. The fourth-order valence-corrected chi connectivity index (χ4v) is 2.53. The van der Waals surface area contributed by atoms with Crippen LogP contribution in [0.5, 0.6) is 11.5 Å². The third-order valence-corrected chi connectivity index (χ3v) is 3.70. The van der Waals surface area contributed by atoms with Crippen molar-refractivity contribution < 1.29 is 28.6 Å². The Kier molecular flexibility index (Phi) is 6.03. The van der Waals surface area contributed by atoms with E-state index in [-0.39, 0.29) is 12.1 Å². The largest absolute Gasteiger partial charge is 0.493 e. The molecule has 1 atom stereocenters. The normalized spacial score (nSPS) is 16.9. The summed E-state index contributed by atoms with van der Waals surface area (Å²) in [5.74, 6) is 0.759. The number of morpholine rings is 1. The van der Waals surface area contributed by atoms with Crippen LogP contribution in [0, 0.1) is 0 Å². The highest BCUT2D eigenvalue weighted by Crippen LogP contribution is 2.27. The van der Waals surface area contributed by atoms with Crippen LogP contribution < -0.4 is 14.4 Å². The van der Waals surface area contributed by atoms with E-state index in [4.69, 9.17) is 18.9 Å². The topological polar surface area (TPSA) is 58.4 Å². The third kappa shape index (κ3) is 4.35. The first-order chi connectivity index (χ1) is 10.6. The van der Waals surface area contributed by atoms with Crippen molar-refractivity contribution in [2.24, 2.45) is 0 Å². The second-order valence-electron chi connectivity index (χ2n) is 5.35. The van der Waals surface area contributed by atoms with Gasteiger partial charge in [-0.15, -0.1) is 0 Å². The SMILES string of the molecule is COc1ccc(C(=O)O[C@H](C)C[NH+]2CCOCC2)cc1OC.